The highest BCUT2D eigenvalue weighted by molar-refractivity contribution is 5.95. The number of likely N-dealkylation sites (tertiary alicyclic amines) is 1. The molecule has 2 aliphatic heterocycles. The number of carbonyl (C=O) groups is 2. The van der Waals surface area contributed by atoms with Crippen molar-refractivity contribution >= 4 is 17.5 Å². The number of halogens is 1. The lowest BCUT2D eigenvalue weighted by Crippen LogP contribution is -2.47. The largest absolute Gasteiger partial charge is 0.393 e. The SMILES string of the molecule is CC(C)NC(=O)c1cccc(-c2ccc(F)c(N3CCC4(CC3)CCN([C@H]3CC[C@@H](O)CC3)C4=O)c2)c1. The second-order valence-corrected chi connectivity index (χ2v) is 11.4. The van der Waals surface area contributed by atoms with Gasteiger partial charge in [-0.15, -0.1) is 0 Å². The fourth-order valence-corrected chi connectivity index (χ4v) is 6.33. The van der Waals surface area contributed by atoms with Crippen LogP contribution in [0.3, 0.4) is 0 Å². The Kier molecular flexibility index (Phi) is 7.26. The van der Waals surface area contributed by atoms with Crippen LogP contribution in [0.4, 0.5) is 10.1 Å². The molecule has 2 saturated heterocycles. The van der Waals surface area contributed by atoms with E-state index >= 15 is 4.39 Å². The molecule has 3 aliphatic rings. The second kappa shape index (κ2) is 10.4. The van der Waals surface area contributed by atoms with E-state index in [0.29, 0.717) is 24.3 Å². The number of rotatable bonds is 5. The first-order valence-corrected chi connectivity index (χ1v) is 13.7. The van der Waals surface area contributed by atoms with Crippen molar-refractivity contribution in [2.24, 2.45) is 5.41 Å². The van der Waals surface area contributed by atoms with Crippen molar-refractivity contribution in [3.8, 4) is 11.1 Å². The lowest BCUT2D eigenvalue weighted by Gasteiger charge is -2.40. The van der Waals surface area contributed by atoms with Crippen LogP contribution in [0.2, 0.25) is 0 Å². The lowest BCUT2D eigenvalue weighted by molar-refractivity contribution is -0.139. The molecule has 1 aliphatic carbocycles. The highest BCUT2D eigenvalue weighted by Crippen LogP contribution is 2.45. The Bertz CT molecular complexity index is 1150. The normalized spacial score (nSPS) is 23.6. The quantitative estimate of drug-likeness (QED) is 0.613. The van der Waals surface area contributed by atoms with E-state index in [1.807, 2.05) is 38.1 Å². The maximum Gasteiger partial charge on any atom is 0.251 e. The molecule has 5 rings (SSSR count). The average molecular weight is 508 g/mol. The zero-order valence-electron chi connectivity index (χ0n) is 21.9. The molecule has 0 aromatic heterocycles. The van der Waals surface area contributed by atoms with Gasteiger partial charge in [-0.2, -0.15) is 0 Å². The summed E-state index contributed by atoms with van der Waals surface area (Å²) in [7, 11) is 0. The Morgan fingerprint density at radius 1 is 1.00 bits per heavy atom. The van der Waals surface area contributed by atoms with Crippen LogP contribution in [0.5, 0.6) is 0 Å². The minimum absolute atomic E-state index is 0.0466. The van der Waals surface area contributed by atoms with Crippen LogP contribution in [0, 0.1) is 11.2 Å². The van der Waals surface area contributed by atoms with Gasteiger partial charge in [0, 0.05) is 37.3 Å². The van der Waals surface area contributed by atoms with Gasteiger partial charge in [0.15, 0.2) is 0 Å². The minimum atomic E-state index is -0.335. The summed E-state index contributed by atoms with van der Waals surface area (Å²) in [5, 5.41) is 12.8. The third-order valence-corrected chi connectivity index (χ3v) is 8.54. The van der Waals surface area contributed by atoms with Crippen LogP contribution in [-0.2, 0) is 4.79 Å². The van der Waals surface area contributed by atoms with Crippen molar-refractivity contribution in [1.82, 2.24) is 10.2 Å². The molecular weight excluding hydrogens is 469 g/mol. The number of nitrogens with one attached hydrogen (secondary N) is 1. The first-order chi connectivity index (χ1) is 17.8. The van der Waals surface area contributed by atoms with Gasteiger partial charge in [-0.3, -0.25) is 9.59 Å². The minimum Gasteiger partial charge on any atom is -0.393 e. The summed E-state index contributed by atoms with van der Waals surface area (Å²) in [5.41, 5.74) is 2.52. The molecule has 0 bridgehead atoms. The van der Waals surface area contributed by atoms with E-state index in [1.165, 1.54) is 6.07 Å². The molecule has 2 amide bonds. The highest BCUT2D eigenvalue weighted by Gasteiger charge is 2.50. The summed E-state index contributed by atoms with van der Waals surface area (Å²) in [5.74, 6) is -0.131. The van der Waals surface area contributed by atoms with Crippen molar-refractivity contribution in [2.45, 2.75) is 77.0 Å². The zero-order valence-corrected chi connectivity index (χ0v) is 21.9. The summed E-state index contributed by atoms with van der Waals surface area (Å²) in [4.78, 5) is 30.1. The molecular formula is C30H38FN3O3. The topological polar surface area (TPSA) is 72.9 Å². The number of carbonyl (C=O) groups excluding carboxylic acids is 2. The van der Waals surface area contributed by atoms with Crippen LogP contribution in [0.15, 0.2) is 42.5 Å². The summed E-state index contributed by atoms with van der Waals surface area (Å²) in [6.45, 7) is 5.92. The fourth-order valence-electron chi connectivity index (χ4n) is 6.33. The predicted molar refractivity (Wildman–Crippen MR) is 143 cm³/mol. The molecule has 7 heteroatoms. The molecule has 0 radical (unpaired) electrons. The first-order valence-electron chi connectivity index (χ1n) is 13.7. The summed E-state index contributed by atoms with van der Waals surface area (Å²) < 4.78 is 15.0. The number of hydrogen-bond donors (Lipinski definition) is 2. The maximum atomic E-state index is 15.0. The Labute approximate surface area is 218 Å². The maximum absolute atomic E-state index is 15.0. The molecule has 0 atom stereocenters. The van der Waals surface area contributed by atoms with E-state index < -0.39 is 0 Å². The summed E-state index contributed by atoms with van der Waals surface area (Å²) in [6.07, 6.45) is 5.41. The summed E-state index contributed by atoms with van der Waals surface area (Å²) in [6, 6.07) is 12.8. The molecule has 2 heterocycles. The molecule has 37 heavy (non-hydrogen) atoms. The number of piperidine rings is 1. The van der Waals surface area contributed by atoms with Crippen molar-refractivity contribution in [1.29, 1.82) is 0 Å². The zero-order chi connectivity index (χ0) is 26.2. The van der Waals surface area contributed by atoms with Gasteiger partial charge in [-0.1, -0.05) is 18.2 Å². The highest BCUT2D eigenvalue weighted by atomic mass is 19.1. The number of amides is 2. The van der Waals surface area contributed by atoms with E-state index in [-0.39, 0.29) is 41.2 Å². The molecule has 3 fully saturated rings. The van der Waals surface area contributed by atoms with Gasteiger partial charge >= 0.3 is 0 Å². The smallest absolute Gasteiger partial charge is 0.251 e. The van der Waals surface area contributed by atoms with Crippen molar-refractivity contribution in [3.05, 3.63) is 53.8 Å². The van der Waals surface area contributed by atoms with Crippen molar-refractivity contribution in [2.75, 3.05) is 24.5 Å². The fraction of sp³-hybridized carbons (Fsp3) is 0.533. The number of nitrogens with zero attached hydrogens (tertiary/aromatic N) is 2. The van der Waals surface area contributed by atoms with Gasteiger partial charge in [-0.05, 0) is 94.2 Å². The first kappa shape index (κ1) is 25.7. The van der Waals surface area contributed by atoms with E-state index in [2.05, 4.69) is 15.1 Å². The van der Waals surface area contributed by atoms with Crippen molar-refractivity contribution in [3.63, 3.8) is 0 Å². The van der Waals surface area contributed by atoms with E-state index in [0.717, 1.165) is 62.6 Å². The van der Waals surface area contributed by atoms with E-state index in [1.54, 1.807) is 12.1 Å². The second-order valence-electron chi connectivity index (χ2n) is 11.4. The van der Waals surface area contributed by atoms with Crippen molar-refractivity contribution < 1.29 is 19.1 Å². The van der Waals surface area contributed by atoms with Gasteiger partial charge in [0.25, 0.3) is 5.91 Å². The monoisotopic (exact) mass is 507 g/mol. The molecule has 198 valence electrons. The van der Waals surface area contributed by atoms with Crippen LogP contribution >= 0.6 is 0 Å². The predicted octanol–water partition coefficient (Wildman–Crippen LogP) is 4.75. The number of hydrogen-bond acceptors (Lipinski definition) is 4. The van der Waals surface area contributed by atoms with E-state index in [4.69, 9.17) is 0 Å². The Balaban J connectivity index is 1.28. The number of benzene rings is 2. The van der Waals surface area contributed by atoms with Gasteiger partial charge in [-0.25, -0.2) is 4.39 Å². The van der Waals surface area contributed by atoms with E-state index in [9.17, 15) is 14.7 Å². The Morgan fingerprint density at radius 2 is 1.68 bits per heavy atom. The Morgan fingerprint density at radius 3 is 2.38 bits per heavy atom. The molecule has 2 aromatic rings. The Hall–Kier alpha value is -2.93. The molecule has 0 unspecified atom stereocenters. The molecule has 1 saturated carbocycles. The molecule has 2 aromatic carbocycles. The number of aliphatic hydroxyl groups is 1. The van der Waals surface area contributed by atoms with Crippen LogP contribution in [0.1, 0.15) is 69.2 Å². The van der Waals surface area contributed by atoms with Gasteiger partial charge in [0.05, 0.1) is 17.2 Å². The number of aliphatic hydroxyl groups excluding tert-OH is 1. The van der Waals surface area contributed by atoms with Crippen LogP contribution in [-0.4, -0.2) is 59.6 Å². The molecule has 1 spiro atoms. The van der Waals surface area contributed by atoms with Gasteiger partial charge in [0.2, 0.25) is 5.91 Å². The summed E-state index contributed by atoms with van der Waals surface area (Å²) >= 11 is 0. The third kappa shape index (κ3) is 5.24. The third-order valence-electron chi connectivity index (χ3n) is 8.54. The molecule has 2 N–H and O–H groups in total. The van der Waals surface area contributed by atoms with Gasteiger partial charge < -0.3 is 20.2 Å². The lowest BCUT2D eigenvalue weighted by atomic mass is 9.76. The van der Waals surface area contributed by atoms with Gasteiger partial charge in [0.1, 0.15) is 5.82 Å². The number of anilines is 1. The average Bonchev–Trinajstić information content (AvgIpc) is 3.20. The molecule has 6 nitrogen and oxygen atoms in total. The van der Waals surface area contributed by atoms with Crippen LogP contribution < -0.4 is 10.2 Å². The van der Waals surface area contributed by atoms with Crippen LogP contribution in [0.25, 0.3) is 11.1 Å². The standard InChI is InChI=1S/C30H38FN3O3/c1-20(2)32-28(36)23-5-3-4-21(18-23)22-6-11-26(31)27(19-22)33-15-12-30(13-16-33)14-17-34(29(30)37)24-7-9-25(35)10-8-24/h3-6,11,18-20,24-25,35H,7-10,12-17H2,1-2H3,(H,32,36)/t24-,25+.